The van der Waals surface area contributed by atoms with E-state index in [1.807, 2.05) is 6.07 Å². The molecule has 0 aliphatic carbocycles. The summed E-state index contributed by atoms with van der Waals surface area (Å²) in [6, 6.07) is 18.5. The fourth-order valence-electron chi connectivity index (χ4n) is 2.15. The second-order valence-corrected chi connectivity index (χ2v) is 5.31. The first kappa shape index (κ1) is 15.0. The molecule has 2 aromatic carbocycles. The zero-order chi connectivity index (χ0) is 16.2. The molecule has 1 heterocycles. The number of hydrogen-bond donors (Lipinski definition) is 1. The molecule has 1 aliphatic rings. The molecule has 4 nitrogen and oxygen atoms in total. The molecular formula is C18H12ClNO3. The van der Waals surface area contributed by atoms with Crippen LogP contribution in [0.2, 0.25) is 5.02 Å². The minimum Gasteiger partial charge on any atom is -0.509 e. The average Bonchev–Trinajstić information content (AvgIpc) is 2.55. The largest absolute Gasteiger partial charge is 0.509 e. The van der Waals surface area contributed by atoms with Gasteiger partial charge in [-0.05, 0) is 35.7 Å². The van der Waals surface area contributed by atoms with Gasteiger partial charge in [-0.15, -0.1) is 5.06 Å². The molecule has 3 rings (SSSR count). The van der Waals surface area contributed by atoms with Crippen LogP contribution in [0.3, 0.4) is 0 Å². The summed E-state index contributed by atoms with van der Waals surface area (Å²) in [6.45, 7) is 0. The lowest BCUT2D eigenvalue weighted by Gasteiger charge is -2.24. The van der Waals surface area contributed by atoms with E-state index in [1.54, 1.807) is 48.5 Å². The van der Waals surface area contributed by atoms with Gasteiger partial charge in [0.05, 0.1) is 12.2 Å². The summed E-state index contributed by atoms with van der Waals surface area (Å²) in [7, 11) is 0. The quantitative estimate of drug-likeness (QED) is 0.814. The van der Waals surface area contributed by atoms with E-state index >= 15 is 0 Å². The molecular weight excluding hydrogens is 314 g/mol. The molecule has 0 amide bonds. The Hall–Kier alpha value is -2.90. The van der Waals surface area contributed by atoms with Gasteiger partial charge >= 0.3 is 5.97 Å². The predicted molar refractivity (Wildman–Crippen MR) is 86.2 cm³/mol. The van der Waals surface area contributed by atoms with Crippen LogP contribution in [-0.2, 0) is 9.63 Å². The Labute approximate surface area is 138 Å². The molecule has 0 saturated carbocycles. The minimum atomic E-state index is -0.829. The van der Waals surface area contributed by atoms with Gasteiger partial charge in [-0.25, -0.2) is 4.79 Å². The second-order valence-electron chi connectivity index (χ2n) is 4.88. The van der Waals surface area contributed by atoms with Crippen LogP contribution in [0.4, 0.5) is 0 Å². The lowest BCUT2D eigenvalue weighted by Crippen LogP contribution is -2.30. The van der Waals surface area contributed by atoms with Gasteiger partial charge < -0.3 is 9.94 Å². The maximum absolute atomic E-state index is 12.1. The van der Waals surface area contributed by atoms with E-state index in [0.717, 1.165) is 5.06 Å². The van der Waals surface area contributed by atoms with Crippen molar-refractivity contribution in [2.75, 3.05) is 0 Å². The summed E-state index contributed by atoms with van der Waals surface area (Å²) < 4.78 is 0. The SMILES string of the molecule is O=C1ON(C#Cc2ccc(Cl)cc2)C=C(O)C1c1ccccc1. The first-order valence-corrected chi connectivity index (χ1v) is 7.25. The van der Waals surface area contributed by atoms with Gasteiger partial charge in [0.15, 0.2) is 0 Å². The second kappa shape index (κ2) is 6.47. The van der Waals surface area contributed by atoms with Crippen molar-refractivity contribution in [1.29, 1.82) is 0 Å². The molecule has 5 heteroatoms. The van der Waals surface area contributed by atoms with Gasteiger partial charge in [-0.2, -0.15) is 0 Å². The molecule has 23 heavy (non-hydrogen) atoms. The highest BCUT2D eigenvalue weighted by Gasteiger charge is 2.32. The Morgan fingerprint density at radius 2 is 1.78 bits per heavy atom. The van der Waals surface area contributed by atoms with Crippen molar-refractivity contribution in [3.8, 4) is 12.0 Å². The van der Waals surface area contributed by atoms with Gasteiger partial charge in [0, 0.05) is 10.6 Å². The maximum Gasteiger partial charge on any atom is 0.348 e. The molecule has 0 saturated heterocycles. The number of rotatable bonds is 1. The molecule has 1 unspecified atom stereocenters. The Balaban J connectivity index is 1.81. The zero-order valence-corrected chi connectivity index (χ0v) is 12.7. The Bertz CT molecular complexity index is 804. The number of carbonyl (C=O) groups is 1. The first-order chi connectivity index (χ1) is 11.1. The Kier molecular flexibility index (Phi) is 4.22. The van der Waals surface area contributed by atoms with Gasteiger partial charge in [0.1, 0.15) is 11.7 Å². The highest BCUT2D eigenvalue weighted by Crippen LogP contribution is 2.28. The minimum absolute atomic E-state index is 0.113. The molecule has 1 N–H and O–H groups in total. The number of benzene rings is 2. The van der Waals surface area contributed by atoms with E-state index in [9.17, 15) is 9.90 Å². The van der Waals surface area contributed by atoms with Crippen LogP contribution in [0, 0.1) is 12.0 Å². The number of aliphatic hydroxyl groups is 1. The lowest BCUT2D eigenvalue weighted by molar-refractivity contribution is -0.173. The number of hydrogen-bond acceptors (Lipinski definition) is 4. The molecule has 1 atom stereocenters. The van der Waals surface area contributed by atoms with E-state index < -0.39 is 11.9 Å². The first-order valence-electron chi connectivity index (χ1n) is 6.87. The Morgan fingerprint density at radius 3 is 2.43 bits per heavy atom. The topological polar surface area (TPSA) is 49.8 Å². The number of carbonyl (C=O) groups excluding carboxylic acids is 1. The van der Waals surface area contributed by atoms with Gasteiger partial charge in [0.25, 0.3) is 0 Å². The van der Waals surface area contributed by atoms with Crippen molar-refractivity contribution in [3.05, 3.63) is 82.7 Å². The number of nitrogens with zero attached hydrogens (tertiary/aromatic N) is 1. The van der Waals surface area contributed by atoms with E-state index in [2.05, 4.69) is 12.0 Å². The third-order valence-electron chi connectivity index (χ3n) is 3.26. The predicted octanol–water partition coefficient (Wildman–Crippen LogP) is 3.61. The van der Waals surface area contributed by atoms with Crippen molar-refractivity contribution in [2.24, 2.45) is 0 Å². The van der Waals surface area contributed by atoms with Crippen LogP contribution in [-0.4, -0.2) is 16.1 Å². The van der Waals surface area contributed by atoms with Crippen LogP contribution in [0.25, 0.3) is 0 Å². The number of aliphatic hydroxyl groups excluding tert-OH is 1. The van der Waals surface area contributed by atoms with Gasteiger partial charge in [-0.3, -0.25) is 0 Å². The summed E-state index contributed by atoms with van der Waals surface area (Å²) in [5.74, 6) is 1.30. The van der Waals surface area contributed by atoms with E-state index in [0.29, 0.717) is 16.1 Å². The van der Waals surface area contributed by atoms with Crippen LogP contribution < -0.4 is 0 Å². The highest BCUT2D eigenvalue weighted by atomic mass is 35.5. The Morgan fingerprint density at radius 1 is 1.09 bits per heavy atom. The van der Waals surface area contributed by atoms with Crippen molar-refractivity contribution >= 4 is 17.6 Å². The monoisotopic (exact) mass is 325 g/mol. The maximum atomic E-state index is 12.1. The van der Waals surface area contributed by atoms with E-state index in [1.165, 1.54) is 6.20 Å². The number of halogens is 1. The smallest absolute Gasteiger partial charge is 0.348 e. The van der Waals surface area contributed by atoms with Crippen LogP contribution in [0.5, 0.6) is 0 Å². The van der Waals surface area contributed by atoms with Crippen LogP contribution in [0.15, 0.2) is 66.6 Å². The molecule has 0 bridgehead atoms. The molecule has 0 spiro atoms. The van der Waals surface area contributed by atoms with Crippen molar-refractivity contribution < 1.29 is 14.7 Å². The molecule has 2 aromatic rings. The van der Waals surface area contributed by atoms with Crippen molar-refractivity contribution in [2.45, 2.75) is 5.92 Å². The summed E-state index contributed by atoms with van der Waals surface area (Å²) in [6.07, 6.45) is 1.29. The highest BCUT2D eigenvalue weighted by molar-refractivity contribution is 6.30. The van der Waals surface area contributed by atoms with Gasteiger partial charge in [-0.1, -0.05) is 41.9 Å². The average molecular weight is 326 g/mol. The normalized spacial score (nSPS) is 16.9. The molecule has 0 fully saturated rings. The zero-order valence-electron chi connectivity index (χ0n) is 11.9. The molecule has 0 radical (unpaired) electrons. The van der Waals surface area contributed by atoms with E-state index in [-0.39, 0.29) is 5.76 Å². The third-order valence-corrected chi connectivity index (χ3v) is 3.51. The summed E-state index contributed by atoms with van der Waals surface area (Å²) in [5.41, 5.74) is 1.38. The van der Waals surface area contributed by atoms with Crippen LogP contribution in [0.1, 0.15) is 17.0 Å². The lowest BCUT2D eigenvalue weighted by atomic mass is 9.97. The summed E-state index contributed by atoms with van der Waals surface area (Å²) >= 11 is 5.80. The van der Waals surface area contributed by atoms with Crippen LogP contribution >= 0.6 is 11.6 Å². The van der Waals surface area contributed by atoms with Crippen molar-refractivity contribution in [1.82, 2.24) is 5.06 Å². The fourth-order valence-corrected chi connectivity index (χ4v) is 2.28. The third kappa shape index (κ3) is 3.47. The molecule has 0 aromatic heterocycles. The van der Waals surface area contributed by atoms with Crippen molar-refractivity contribution in [3.63, 3.8) is 0 Å². The van der Waals surface area contributed by atoms with Gasteiger partial charge in [0.2, 0.25) is 0 Å². The standard InChI is InChI=1S/C18H12ClNO3/c19-15-8-6-13(7-9-15)10-11-20-12-16(21)17(18(22)23-20)14-4-2-1-3-5-14/h1-9,12,17,21H. The summed E-state index contributed by atoms with van der Waals surface area (Å²) in [5, 5.41) is 11.7. The molecule has 1 aliphatic heterocycles. The molecule has 114 valence electrons. The van der Waals surface area contributed by atoms with E-state index in [4.69, 9.17) is 16.4 Å². The summed E-state index contributed by atoms with van der Waals surface area (Å²) in [4.78, 5) is 17.2. The number of hydroxylamine groups is 2. The fraction of sp³-hybridized carbons (Fsp3) is 0.0556.